The molecule has 6 aromatic rings. The SMILES string of the molecule is Cc1nc2ccc(OC(F)(F)F)cc2c(-c2ccccc2)c1C(CF)C(=O)C(CF)c1c(C)nc2ccc(OC(F)(F)F)cc2c1-c1ccccc1. The molecule has 2 unspecified atom stereocenters. The number of hydrogen-bond acceptors (Lipinski definition) is 5. The van der Waals surface area contributed by atoms with Crippen LogP contribution in [-0.2, 0) is 4.79 Å². The summed E-state index contributed by atoms with van der Waals surface area (Å²) in [6.45, 7) is 0.350. The number of fused-ring (bicyclic) bond motifs is 2. The predicted molar refractivity (Wildman–Crippen MR) is 180 cm³/mol. The van der Waals surface area contributed by atoms with Crippen LogP contribution in [0.25, 0.3) is 44.1 Å². The molecule has 0 saturated carbocycles. The molecular weight excluding hydrogens is 696 g/mol. The van der Waals surface area contributed by atoms with Crippen molar-refractivity contribution < 1.29 is 49.4 Å². The van der Waals surface area contributed by atoms with Gasteiger partial charge in [-0.2, -0.15) is 0 Å². The molecule has 2 heterocycles. The number of nitrogens with zero attached hydrogens (tertiary/aromatic N) is 2. The lowest BCUT2D eigenvalue weighted by Crippen LogP contribution is -2.27. The predicted octanol–water partition coefficient (Wildman–Crippen LogP) is 10.9. The van der Waals surface area contributed by atoms with Crippen molar-refractivity contribution in [1.82, 2.24) is 9.97 Å². The number of rotatable bonds is 10. The number of alkyl halides is 8. The van der Waals surface area contributed by atoms with Gasteiger partial charge in [-0.15, -0.1) is 26.3 Å². The van der Waals surface area contributed by atoms with Gasteiger partial charge < -0.3 is 9.47 Å². The van der Waals surface area contributed by atoms with Crippen LogP contribution in [0.4, 0.5) is 35.1 Å². The summed E-state index contributed by atoms with van der Waals surface area (Å²) in [5.74, 6) is -5.44. The molecule has 0 aliphatic heterocycles. The Hall–Kier alpha value is -5.59. The van der Waals surface area contributed by atoms with Crippen LogP contribution in [0.3, 0.4) is 0 Å². The molecule has 0 aliphatic rings. The van der Waals surface area contributed by atoms with E-state index >= 15 is 8.78 Å². The number of ether oxygens (including phenoxy) is 2. The number of carbonyl (C=O) groups excluding carboxylic acids is 1. The Morgan fingerprint density at radius 2 is 0.962 bits per heavy atom. The number of carbonyl (C=O) groups is 1. The largest absolute Gasteiger partial charge is 0.573 e. The van der Waals surface area contributed by atoms with Crippen LogP contribution in [0.1, 0.15) is 34.4 Å². The molecular formula is C39H28F8N2O3. The number of hydrogen-bond donors (Lipinski definition) is 0. The first-order valence-corrected chi connectivity index (χ1v) is 15.9. The van der Waals surface area contributed by atoms with Gasteiger partial charge in [-0.3, -0.25) is 14.8 Å². The summed E-state index contributed by atoms with van der Waals surface area (Å²) in [4.78, 5) is 23.7. The van der Waals surface area contributed by atoms with Crippen LogP contribution in [0.2, 0.25) is 0 Å². The second-order valence-electron chi connectivity index (χ2n) is 12.0. The quantitative estimate of drug-likeness (QED) is 0.132. The van der Waals surface area contributed by atoms with Crippen molar-refractivity contribution in [1.29, 1.82) is 0 Å². The minimum Gasteiger partial charge on any atom is -0.406 e. The van der Waals surface area contributed by atoms with Gasteiger partial charge >= 0.3 is 12.7 Å². The molecule has 0 spiro atoms. The molecule has 0 amide bonds. The molecule has 0 fully saturated rings. The Balaban J connectivity index is 1.59. The third kappa shape index (κ3) is 7.39. The van der Waals surface area contributed by atoms with Gasteiger partial charge in [0.25, 0.3) is 0 Å². The molecule has 0 N–H and O–H groups in total. The second kappa shape index (κ2) is 14.2. The molecule has 2 aromatic heterocycles. The first-order valence-electron chi connectivity index (χ1n) is 15.9. The number of pyridine rings is 2. The summed E-state index contributed by atoms with van der Waals surface area (Å²) >= 11 is 0. The Morgan fingerprint density at radius 1 is 0.596 bits per heavy atom. The van der Waals surface area contributed by atoms with Crippen molar-refractivity contribution in [3.05, 3.63) is 120 Å². The van der Waals surface area contributed by atoms with Crippen molar-refractivity contribution in [3.8, 4) is 33.8 Å². The van der Waals surface area contributed by atoms with Gasteiger partial charge in [0.1, 0.15) is 24.8 Å². The standard InChI is InChI=1S/C39H28F8N2O3/c1-21-33(35(23-9-5-3-6-10-23)27-17-25(51-38(42,43)44)13-15-31(27)48-21)29(19-40)37(50)30(20-41)34-22(2)49-32-16-14-26(52-39(45,46)47)18-28(32)36(34)24-11-7-4-8-12-24/h3-18,29-30H,19-20H2,1-2H3. The molecule has 268 valence electrons. The molecule has 0 bridgehead atoms. The first kappa shape index (κ1) is 36.2. The lowest BCUT2D eigenvalue weighted by Gasteiger charge is -2.27. The van der Waals surface area contributed by atoms with E-state index in [0.717, 1.165) is 24.3 Å². The monoisotopic (exact) mass is 724 g/mol. The van der Waals surface area contributed by atoms with E-state index < -0.39 is 55.2 Å². The maximum Gasteiger partial charge on any atom is 0.573 e. The molecule has 2 atom stereocenters. The van der Waals surface area contributed by atoms with Crippen LogP contribution in [0, 0.1) is 13.8 Å². The zero-order chi connectivity index (χ0) is 37.4. The summed E-state index contributed by atoms with van der Waals surface area (Å²) in [5.41, 5.74) is 2.13. The van der Waals surface area contributed by atoms with Crippen LogP contribution in [0.5, 0.6) is 11.5 Å². The van der Waals surface area contributed by atoms with Gasteiger partial charge in [0.2, 0.25) is 0 Å². The summed E-state index contributed by atoms with van der Waals surface area (Å²) in [7, 11) is 0. The van der Waals surface area contributed by atoms with E-state index in [1.54, 1.807) is 60.7 Å². The fourth-order valence-corrected chi connectivity index (χ4v) is 6.67. The molecule has 6 rings (SSSR count). The third-order valence-electron chi connectivity index (χ3n) is 8.65. The van der Waals surface area contributed by atoms with Crippen LogP contribution >= 0.6 is 0 Å². The average Bonchev–Trinajstić information content (AvgIpc) is 3.09. The fourth-order valence-electron chi connectivity index (χ4n) is 6.67. The van der Waals surface area contributed by atoms with E-state index in [1.165, 1.54) is 26.0 Å². The maximum atomic E-state index is 15.5. The van der Waals surface area contributed by atoms with Crippen LogP contribution in [0.15, 0.2) is 97.1 Å². The highest BCUT2D eigenvalue weighted by atomic mass is 19.4. The van der Waals surface area contributed by atoms with Gasteiger partial charge in [0, 0.05) is 22.2 Å². The van der Waals surface area contributed by atoms with Gasteiger partial charge in [0.05, 0.1) is 22.9 Å². The van der Waals surface area contributed by atoms with Crippen molar-refractivity contribution >= 4 is 27.6 Å². The van der Waals surface area contributed by atoms with Crippen molar-refractivity contribution in [2.45, 2.75) is 38.4 Å². The lowest BCUT2D eigenvalue weighted by atomic mass is 9.78. The van der Waals surface area contributed by atoms with E-state index in [9.17, 15) is 31.1 Å². The number of ketones is 1. The van der Waals surface area contributed by atoms with E-state index in [-0.39, 0.29) is 55.4 Å². The highest BCUT2D eigenvalue weighted by molar-refractivity contribution is 6.04. The van der Waals surface area contributed by atoms with Gasteiger partial charge in [-0.05, 0) is 83.6 Å². The number of Topliss-reactive ketones (excluding diaryl/α,β-unsaturated/α-hetero) is 1. The van der Waals surface area contributed by atoms with Crippen LogP contribution < -0.4 is 9.47 Å². The molecule has 0 aliphatic carbocycles. The molecule has 5 nitrogen and oxygen atoms in total. The first-order chi connectivity index (χ1) is 24.7. The van der Waals surface area contributed by atoms with E-state index in [2.05, 4.69) is 19.4 Å². The molecule has 0 radical (unpaired) electrons. The Labute approximate surface area is 291 Å². The van der Waals surface area contributed by atoms with Crippen LogP contribution in [-0.4, -0.2) is 41.8 Å². The van der Waals surface area contributed by atoms with E-state index in [1.807, 2.05) is 0 Å². The highest BCUT2D eigenvalue weighted by Gasteiger charge is 2.37. The Kier molecular flexibility index (Phi) is 9.89. The zero-order valence-electron chi connectivity index (χ0n) is 27.4. The number of benzene rings is 4. The van der Waals surface area contributed by atoms with E-state index in [4.69, 9.17) is 0 Å². The highest BCUT2D eigenvalue weighted by Crippen LogP contribution is 2.44. The molecule has 4 aromatic carbocycles. The summed E-state index contributed by atoms with van der Waals surface area (Å²) in [5, 5.41) is 0.254. The third-order valence-corrected chi connectivity index (χ3v) is 8.65. The fraction of sp³-hybridized carbons (Fsp3) is 0.205. The summed E-state index contributed by atoms with van der Waals surface area (Å²) in [6.07, 6.45) is -10.0. The molecule has 52 heavy (non-hydrogen) atoms. The van der Waals surface area contributed by atoms with Crippen molar-refractivity contribution in [3.63, 3.8) is 0 Å². The van der Waals surface area contributed by atoms with E-state index in [0.29, 0.717) is 11.1 Å². The van der Waals surface area contributed by atoms with Gasteiger partial charge in [-0.25, -0.2) is 8.78 Å². The van der Waals surface area contributed by atoms with Gasteiger partial charge in [0.15, 0.2) is 5.78 Å². The number of aryl methyl sites for hydroxylation is 2. The minimum atomic E-state index is -5.02. The summed E-state index contributed by atoms with van der Waals surface area (Å²) < 4.78 is 119. The van der Waals surface area contributed by atoms with Crippen molar-refractivity contribution in [2.75, 3.05) is 13.3 Å². The Morgan fingerprint density at radius 3 is 1.29 bits per heavy atom. The average molecular weight is 725 g/mol. The minimum absolute atomic E-state index is 0.0299. The Bertz CT molecular complexity index is 2100. The second-order valence-corrected chi connectivity index (χ2v) is 12.0. The maximum absolute atomic E-state index is 15.5. The number of aromatic nitrogens is 2. The number of halogens is 8. The topological polar surface area (TPSA) is 61.3 Å². The smallest absolute Gasteiger partial charge is 0.406 e. The zero-order valence-corrected chi connectivity index (χ0v) is 27.4. The lowest BCUT2D eigenvalue weighted by molar-refractivity contribution is -0.275. The summed E-state index contributed by atoms with van der Waals surface area (Å²) in [6, 6.07) is 23.5. The normalized spacial score (nSPS) is 13.3. The van der Waals surface area contributed by atoms with Crippen molar-refractivity contribution in [2.24, 2.45) is 0 Å². The molecule has 0 saturated heterocycles. The van der Waals surface area contributed by atoms with Gasteiger partial charge in [-0.1, -0.05) is 60.7 Å². The molecule has 13 heteroatoms.